The summed E-state index contributed by atoms with van der Waals surface area (Å²) < 4.78 is 24.6. The van der Waals surface area contributed by atoms with Crippen LogP contribution in [0.25, 0.3) is 0 Å². The molecule has 4 heteroatoms. The van der Waals surface area contributed by atoms with Crippen LogP contribution in [0.15, 0.2) is 42.5 Å². The maximum absolute atomic E-state index is 13.5. The zero-order valence-electron chi connectivity index (χ0n) is 14.3. The van der Waals surface area contributed by atoms with Crippen molar-refractivity contribution in [3.63, 3.8) is 0 Å². The second-order valence-electron chi connectivity index (χ2n) is 6.10. The first kappa shape index (κ1) is 16.8. The molecular weight excluding hydrogens is 305 g/mol. The smallest absolute Gasteiger partial charge is 0.161 e. The van der Waals surface area contributed by atoms with E-state index in [2.05, 4.69) is 11.0 Å². The fourth-order valence-corrected chi connectivity index (χ4v) is 3.43. The Balaban J connectivity index is 1.77. The number of likely N-dealkylation sites (tertiary alicyclic amines) is 1. The van der Waals surface area contributed by atoms with E-state index in [-0.39, 0.29) is 11.9 Å². The maximum Gasteiger partial charge on any atom is 0.161 e. The van der Waals surface area contributed by atoms with Gasteiger partial charge in [-0.25, -0.2) is 4.39 Å². The van der Waals surface area contributed by atoms with Crippen molar-refractivity contribution in [3.05, 3.63) is 59.4 Å². The maximum atomic E-state index is 13.5. The summed E-state index contributed by atoms with van der Waals surface area (Å²) in [7, 11) is 1.66. The van der Waals surface area contributed by atoms with E-state index in [1.807, 2.05) is 25.1 Å². The van der Waals surface area contributed by atoms with Crippen LogP contribution in [0.2, 0.25) is 0 Å². The predicted octanol–water partition coefficient (Wildman–Crippen LogP) is 4.57. The van der Waals surface area contributed by atoms with Crippen LogP contribution in [-0.2, 0) is 6.54 Å². The molecule has 1 aliphatic heterocycles. The Bertz CT molecular complexity index is 689. The van der Waals surface area contributed by atoms with Gasteiger partial charge in [-0.05, 0) is 61.7 Å². The van der Waals surface area contributed by atoms with Gasteiger partial charge in [0.15, 0.2) is 11.5 Å². The number of ether oxygens (including phenoxy) is 2. The van der Waals surface area contributed by atoms with Gasteiger partial charge in [0.05, 0.1) is 13.7 Å². The van der Waals surface area contributed by atoms with Crippen LogP contribution < -0.4 is 9.47 Å². The highest BCUT2D eigenvalue weighted by atomic mass is 19.1. The molecule has 0 saturated carbocycles. The lowest BCUT2D eigenvalue weighted by Gasteiger charge is -2.25. The Morgan fingerprint density at radius 3 is 2.79 bits per heavy atom. The van der Waals surface area contributed by atoms with Crippen molar-refractivity contribution in [3.8, 4) is 11.5 Å². The molecule has 0 bridgehead atoms. The third kappa shape index (κ3) is 3.70. The number of nitrogens with zero attached hydrogens (tertiary/aromatic N) is 1. The van der Waals surface area contributed by atoms with Crippen LogP contribution in [0.1, 0.15) is 36.9 Å². The fraction of sp³-hybridized carbons (Fsp3) is 0.400. The zero-order valence-corrected chi connectivity index (χ0v) is 14.3. The third-order valence-corrected chi connectivity index (χ3v) is 4.51. The van der Waals surface area contributed by atoms with Gasteiger partial charge in [-0.3, -0.25) is 4.90 Å². The number of hydrogen-bond acceptors (Lipinski definition) is 3. The Morgan fingerprint density at radius 1 is 1.17 bits per heavy atom. The van der Waals surface area contributed by atoms with E-state index in [0.717, 1.165) is 43.0 Å². The summed E-state index contributed by atoms with van der Waals surface area (Å²) in [4.78, 5) is 2.41. The van der Waals surface area contributed by atoms with Crippen molar-refractivity contribution in [2.75, 3.05) is 20.3 Å². The van der Waals surface area contributed by atoms with Gasteiger partial charge in [-0.1, -0.05) is 18.2 Å². The standard InChI is InChI=1S/C20H24FNO2/c1-3-24-19-10-9-15(12-20(19)23-2)14-22-11-5-8-18(22)16-6-4-7-17(21)13-16/h4,6-7,9-10,12-13,18H,3,5,8,11,14H2,1-2H3. The zero-order chi connectivity index (χ0) is 16.9. The molecule has 1 fully saturated rings. The van der Waals surface area contributed by atoms with Crippen molar-refractivity contribution in [2.45, 2.75) is 32.4 Å². The first-order valence-corrected chi connectivity index (χ1v) is 8.50. The molecule has 1 unspecified atom stereocenters. The van der Waals surface area contributed by atoms with Gasteiger partial charge in [0, 0.05) is 12.6 Å². The quantitative estimate of drug-likeness (QED) is 0.775. The Kier molecular flexibility index (Phi) is 5.36. The summed E-state index contributed by atoms with van der Waals surface area (Å²) in [6, 6.07) is 13.3. The van der Waals surface area contributed by atoms with E-state index in [1.54, 1.807) is 19.2 Å². The molecule has 0 radical (unpaired) electrons. The molecule has 0 aliphatic carbocycles. The molecule has 0 amide bonds. The summed E-state index contributed by atoms with van der Waals surface area (Å²) in [6.45, 7) is 4.42. The molecule has 1 saturated heterocycles. The van der Waals surface area contributed by atoms with Gasteiger partial charge >= 0.3 is 0 Å². The Labute approximate surface area is 143 Å². The van der Waals surface area contributed by atoms with Gasteiger partial charge in [0.25, 0.3) is 0 Å². The molecule has 3 nitrogen and oxygen atoms in total. The first-order valence-electron chi connectivity index (χ1n) is 8.50. The average Bonchev–Trinajstić information content (AvgIpc) is 3.04. The van der Waals surface area contributed by atoms with Gasteiger partial charge < -0.3 is 9.47 Å². The van der Waals surface area contributed by atoms with E-state index in [4.69, 9.17) is 9.47 Å². The SMILES string of the molecule is CCOc1ccc(CN2CCCC2c2cccc(F)c2)cc1OC. The number of halogens is 1. The highest BCUT2D eigenvalue weighted by Gasteiger charge is 2.26. The van der Waals surface area contributed by atoms with Crippen molar-refractivity contribution in [2.24, 2.45) is 0 Å². The molecule has 24 heavy (non-hydrogen) atoms. The highest BCUT2D eigenvalue weighted by molar-refractivity contribution is 5.43. The number of benzene rings is 2. The van der Waals surface area contributed by atoms with E-state index < -0.39 is 0 Å². The van der Waals surface area contributed by atoms with E-state index in [1.165, 1.54) is 11.6 Å². The monoisotopic (exact) mass is 329 g/mol. The third-order valence-electron chi connectivity index (χ3n) is 4.51. The summed E-state index contributed by atoms with van der Waals surface area (Å²) in [6.07, 6.45) is 2.20. The van der Waals surface area contributed by atoms with Crippen LogP contribution in [0.3, 0.4) is 0 Å². The molecule has 0 N–H and O–H groups in total. The summed E-state index contributed by atoms with van der Waals surface area (Å²) in [5.41, 5.74) is 2.24. The van der Waals surface area contributed by atoms with Crippen LogP contribution >= 0.6 is 0 Å². The van der Waals surface area contributed by atoms with Crippen LogP contribution in [-0.4, -0.2) is 25.2 Å². The van der Waals surface area contributed by atoms with Crippen molar-refractivity contribution >= 4 is 0 Å². The highest BCUT2D eigenvalue weighted by Crippen LogP contribution is 2.35. The molecule has 0 spiro atoms. The lowest BCUT2D eigenvalue weighted by molar-refractivity contribution is 0.247. The number of methoxy groups -OCH3 is 1. The largest absolute Gasteiger partial charge is 0.493 e. The lowest BCUT2D eigenvalue weighted by atomic mass is 10.0. The molecule has 128 valence electrons. The van der Waals surface area contributed by atoms with Crippen molar-refractivity contribution in [1.82, 2.24) is 4.90 Å². The molecule has 2 aromatic rings. The molecule has 1 heterocycles. The second-order valence-corrected chi connectivity index (χ2v) is 6.10. The van der Waals surface area contributed by atoms with E-state index in [0.29, 0.717) is 6.61 Å². The first-order chi connectivity index (χ1) is 11.7. The van der Waals surface area contributed by atoms with Crippen LogP contribution in [0, 0.1) is 5.82 Å². The minimum absolute atomic E-state index is 0.165. The normalized spacial score (nSPS) is 17.9. The van der Waals surface area contributed by atoms with Gasteiger partial charge in [0.1, 0.15) is 5.82 Å². The molecule has 1 atom stereocenters. The summed E-state index contributed by atoms with van der Waals surface area (Å²) in [5, 5.41) is 0. The predicted molar refractivity (Wildman–Crippen MR) is 92.9 cm³/mol. The molecular formula is C20H24FNO2. The molecule has 0 aromatic heterocycles. The average molecular weight is 329 g/mol. The topological polar surface area (TPSA) is 21.7 Å². The summed E-state index contributed by atoms with van der Waals surface area (Å²) >= 11 is 0. The van der Waals surface area contributed by atoms with Gasteiger partial charge in [-0.2, -0.15) is 0 Å². The summed E-state index contributed by atoms with van der Waals surface area (Å²) in [5.74, 6) is 1.37. The van der Waals surface area contributed by atoms with Crippen molar-refractivity contribution < 1.29 is 13.9 Å². The fourth-order valence-electron chi connectivity index (χ4n) is 3.43. The Hall–Kier alpha value is -2.07. The van der Waals surface area contributed by atoms with Gasteiger partial charge in [0.2, 0.25) is 0 Å². The van der Waals surface area contributed by atoms with Gasteiger partial charge in [-0.15, -0.1) is 0 Å². The lowest BCUT2D eigenvalue weighted by Crippen LogP contribution is -2.22. The van der Waals surface area contributed by atoms with Crippen molar-refractivity contribution in [1.29, 1.82) is 0 Å². The second kappa shape index (κ2) is 7.67. The number of rotatable bonds is 6. The van der Waals surface area contributed by atoms with Crippen LogP contribution in [0.5, 0.6) is 11.5 Å². The van der Waals surface area contributed by atoms with E-state index >= 15 is 0 Å². The molecule has 2 aromatic carbocycles. The van der Waals surface area contributed by atoms with Crippen LogP contribution in [0.4, 0.5) is 4.39 Å². The molecule has 3 rings (SSSR count). The minimum atomic E-state index is -0.165. The Morgan fingerprint density at radius 2 is 2.04 bits per heavy atom. The van der Waals surface area contributed by atoms with E-state index in [9.17, 15) is 4.39 Å². The number of hydrogen-bond donors (Lipinski definition) is 0. The molecule has 1 aliphatic rings. The minimum Gasteiger partial charge on any atom is -0.493 e.